The van der Waals surface area contributed by atoms with Gasteiger partial charge in [0.05, 0.1) is 11.8 Å². The van der Waals surface area contributed by atoms with Crippen LogP contribution in [0.15, 0.2) is 17.7 Å². The second kappa shape index (κ2) is 5.05. The van der Waals surface area contributed by atoms with E-state index >= 15 is 0 Å². The molecule has 0 aromatic carbocycles. The van der Waals surface area contributed by atoms with Gasteiger partial charge in [0.2, 0.25) is 11.0 Å². The van der Waals surface area contributed by atoms with Crippen LogP contribution >= 0.6 is 11.3 Å². The van der Waals surface area contributed by atoms with Crippen molar-refractivity contribution >= 4 is 28.3 Å². The molecule has 2 unspecified atom stereocenters. The lowest BCUT2D eigenvalue weighted by atomic mass is 9.82. The summed E-state index contributed by atoms with van der Waals surface area (Å²) in [5, 5.41) is 19.3. The van der Waals surface area contributed by atoms with Crippen molar-refractivity contribution in [1.29, 1.82) is 0 Å². The molecule has 2 rings (SSSR count). The first-order chi connectivity index (χ1) is 8.18. The van der Waals surface area contributed by atoms with Crippen LogP contribution < -0.4 is 5.32 Å². The summed E-state index contributed by atoms with van der Waals surface area (Å²) in [6.07, 6.45) is 4.47. The largest absolute Gasteiger partial charge is 0.481 e. The number of carboxylic acids is 1. The van der Waals surface area contributed by atoms with Crippen molar-refractivity contribution in [3.8, 4) is 0 Å². The van der Waals surface area contributed by atoms with Crippen LogP contribution in [-0.2, 0) is 9.59 Å². The summed E-state index contributed by atoms with van der Waals surface area (Å²) in [5.74, 6) is -2.44. The first-order valence-electron chi connectivity index (χ1n) is 5.13. The SMILES string of the molecule is O=C(O)C1CC=CCC1C(=O)Nc1nncs1. The smallest absolute Gasteiger partial charge is 0.307 e. The van der Waals surface area contributed by atoms with Gasteiger partial charge < -0.3 is 10.4 Å². The number of nitrogens with one attached hydrogen (secondary N) is 1. The normalized spacial score (nSPS) is 23.3. The van der Waals surface area contributed by atoms with Gasteiger partial charge in [0.1, 0.15) is 5.51 Å². The lowest BCUT2D eigenvalue weighted by Gasteiger charge is -2.23. The quantitative estimate of drug-likeness (QED) is 0.788. The third-order valence-corrected chi connectivity index (χ3v) is 3.28. The van der Waals surface area contributed by atoms with Crippen LogP contribution in [0.1, 0.15) is 12.8 Å². The van der Waals surface area contributed by atoms with Crippen molar-refractivity contribution in [1.82, 2.24) is 10.2 Å². The van der Waals surface area contributed by atoms with Gasteiger partial charge >= 0.3 is 5.97 Å². The number of allylic oxidation sites excluding steroid dienone is 2. The van der Waals surface area contributed by atoms with E-state index in [0.29, 0.717) is 18.0 Å². The van der Waals surface area contributed by atoms with E-state index in [2.05, 4.69) is 15.5 Å². The molecule has 2 N–H and O–H groups in total. The van der Waals surface area contributed by atoms with Gasteiger partial charge in [0, 0.05) is 0 Å². The molecule has 1 aromatic heterocycles. The average molecular weight is 253 g/mol. The molecular weight excluding hydrogens is 242 g/mol. The molecule has 2 atom stereocenters. The highest BCUT2D eigenvalue weighted by Crippen LogP contribution is 2.27. The zero-order valence-corrected chi connectivity index (χ0v) is 9.68. The standard InChI is InChI=1S/C10H11N3O3S/c14-8(12-10-13-11-5-17-10)6-3-1-2-4-7(6)9(15)16/h1-2,5-7H,3-4H2,(H,15,16)(H,12,13,14). The van der Waals surface area contributed by atoms with Crippen LogP contribution in [-0.4, -0.2) is 27.2 Å². The number of rotatable bonds is 3. The highest BCUT2D eigenvalue weighted by molar-refractivity contribution is 7.13. The van der Waals surface area contributed by atoms with Crippen LogP contribution in [0, 0.1) is 11.8 Å². The predicted octanol–water partition coefficient (Wildman–Crippen LogP) is 1.14. The highest BCUT2D eigenvalue weighted by Gasteiger charge is 2.34. The number of hydrogen-bond donors (Lipinski definition) is 2. The topological polar surface area (TPSA) is 92.2 Å². The molecule has 0 radical (unpaired) electrons. The molecule has 6 nitrogen and oxygen atoms in total. The molecule has 1 aliphatic rings. The monoisotopic (exact) mass is 253 g/mol. The number of nitrogens with zero attached hydrogens (tertiary/aromatic N) is 2. The molecular formula is C10H11N3O3S. The van der Waals surface area contributed by atoms with E-state index in [0.717, 1.165) is 0 Å². The second-order valence-electron chi connectivity index (χ2n) is 3.73. The van der Waals surface area contributed by atoms with Crippen LogP contribution in [0.5, 0.6) is 0 Å². The second-order valence-corrected chi connectivity index (χ2v) is 4.56. The lowest BCUT2D eigenvalue weighted by molar-refractivity contribution is -0.146. The maximum atomic E-state index is 11.9. The molecule has 0 aliphatic heterocycles. The van der Waals surface area contributed by atoms with Gasteiger partial charge in [0.25, 0.3) is 0 Å². The van der Waals surface area contributed by atoms with Gasteiger partial charge in [-0.2, -0.15) is 0 Å². The number of anilines is 1. The molecule has 90 valence electrons. The summed E-state index contributed by atoms with van der Waals surface area (Å²) < 4.78 is 0. The van der Waals surface area contributed by atoms with Crippen LogP contribution in [0.4, 0.5) is 5.13 Å². The van der Waals surface area contributed by atoms with Crippen LogP contribution in [0.2, 0.25) is 0 Å². The predicted molar refractivity (Wildman–Crippen MR) is 61.5 cm³/mol. The third kappa shape index (κ3) is 2.68. The Labute approximate surface area is 101 Å². The van der Waals surface area contributed by atoms with E-state index in [1.807, 2.05) is 6.08 Å². The molecule has 1 heterocycles. The fraction of sp³-hybridized carbons (Fsp3) is 0.400. The summed E-state index contributed by atoms with van der Waals surface area (Å²) in [6, 6.07) is 0. The summed E-state index contributed by atoms with van der Waals surface area (Å²) in [6.45, 7) is 0. The molecule has 17 heavy (non-hydrogen) atoms. The zero-order chi connectivity index (χ0) is 12.3. The number of hydrogen-bond acceptors (Lipinski definition) is 5. The Kier molecular flexibility index (Phi) is 3.48. The number of carbonyl (C=O) groups is 2. The summed E-state index contributed by atoms with van der Waals surface area (Å²) in [5.41, 5.74) is 1.51. The zero-order valence-electron chi connectivity index (χ0n) is 8.87. The Morgan fingerprint density at radius 3 is 2.65 bits per heavy atom. The number of aliphatic carboxylic acids is 1. The van der Waals surface area contributed by atoms with Crippen molar-refractivity contribution in [2.24, 2.45) is 11.8 Å². The number of carboxylic acid groups (broad SMARTS) is 1. The van der Waals surface area contributed by atoms with E-state index in [1.54, 1.807) is 6.08 Å². The maximum absolute atomic E-state index is 11.9. The van der Waals surface area contributed by atoms with Gasteiger partial charge in [-0.05, 0) is 12.8 Å². The van der Waals surface area contributed by atoms with Crippen molar-refractivity contribution in [3.63, 3.8) is 0 Å². The molecule has 0 saturated carbocycles. The Balaban J connectivity index is 2.07. The summed E-state index contributed by atoms with van der Waals surface area (Å²) in [4.78, 5) is 22.9. The first-order valence-corrected chi connectivity index (χ1v) is 6.01. The van der Waals surface area contributed by atoms with Crippen molar-refractivity contribution in [2.75, 3.05) is 5.32 Å². The van der Waals surface area contributed by atoms with Gasteiger partial charge in [-0.1, -0.05) is 23.5 Å². The number of amides is 1. The molecule has 1 amide bonds. The minimum atomic E-state index is -0.938. The Hall–Kier alpha value is -1.76. The Morgan fingerprint density at radius 1 is 1.35 bits per heavy atom. The molecule has 0 saturated heterocycles. The van der Waals surface area contributed by atoms with Gasteiger partial charge in [-0.3, -0.25) is 9.59 Å². The van der Waals surface area contributed by atoms with E-state index in [1.165, 1.54) is 16.8 Å². The lowest BCUT2D eigenvalue weighted by Crippen LogP contribution is -2.34. The first kappa shape index (κ1) is 11.7. The molecule has 1 aliphatic carbocycles. The van der Waals surface area contributed by atoms with Crippen molar-refractivity contribution < 1.29 is 14.7 Å². The van der Waals surface area contributed by atoms with E-state index in [4.69, 9.17) is 5.11 Å². The molecule has 7 heteroatoms. The van der Waals surface area contributed by atoms with Crippen LogP contribution in [0.3, 0.4) is 0 Å². The van der Waals surface area contributed by atoms with Crippen LogP contribution in [0.25, 0.3) is 0 Å². The molecule has 0 fully saturated rings. The van der Waals surface area contributed by atoms with Crippen molar-refractivity contribution in [3.05, 3.63) is 17.7 Å². The number of carbonyl (C=O) groups excluding carboxylic acids is 1. The minimum absolute atomic E-state index is 0.307. The third-order valence-electron chi connectivity index (χ3n) is 2.68. The minimum Gasteiger partial charge on any atom is -0.481 e. The van der Waals surface area contributed by atoms with E-state index < -0.39 is 17.8 Å². The summed E-state index contributed by atoms with van der Waals surface area (Å²) >= 11 is 1.21. The molecule has 1 aromatic rings. The van der Waals surface area contributed by atoms with E-state index in [9.17, 15) is 9.59 Å². The van der Waals surface area contributed by atoms with E-state index in [-0.39, 0.29) is 5.91 Å². The van der Waals surface area contributed by atoms with Crippen molar-refractivity contribution in [2.45, 2.75) is 12.8 Å². The Morgan fingerprint density at radius 2 is 2.06 bits per heavy atom. The fourth-order valence-electron chi connectivity index (χ4n) is 1.80. The van der Waals surface area contributed by atoms with Gasteiger partial charge in [0.15, 0.2) is 0 Å². The maximum Gasteiger partial charge on any atom is 0.307 e. The Bertz CT molecular complexity index is 444. The fourth-order valence-corrected chi connectivity index (χ4v) is 2.25. The van der Waals surface area contributed by atoms with Gasteiger partial charge in [-0.15, -0.1) is 10.2 Å². The number of aromatic nitrogens is 2. The highest BCUT2D eigenvalue weighted by atomic mass is 32.1. The molecule has 0 bridgehead atoms. The molecule has 0 spiro atoms. The van der Waals surface area contributed by atoms with Gasteiger partial charge in [-0.25, -0.2) is 0 Å². The average Bonchev–Trinajstić information content (AvgIpc) is 2.81. The summed E-state index contributed by atoms with van der Waals surface area (Å²) in [7, 11) is 0.